The molecule has 2 nitrogen and oxygen atoms in total. The Kier molecular flexibility index (Phi) is 4.48. The number of aryl methyl sites for hydroxylation is 1. The molecule has 0 saturated carbocycles. The summed E-state index contributed by atoms with van der Waals surface area (Å²) in [7, 11) is 0. The fourth-order valence-corrected chi connectivity index (χ4v) is 1.62. The van der Waals surface area contributed by atoms with Gasteiger partial charge in [-0.1, -0.05) is 12.0 Å². The van der Waals surface area contributed by atoms with Crippen LogP contribution < -0.4 is 11.1 Å². The number of nitrogens with one attached hydrogen (secondary N) is 1. The van der Waals surface area contributed by atoms with Crippen LogP contribution in [0.3, 0.4) is 0 Å². The molecule has 86 valence electrons. The van der Waals surface area contributed by atoms with Crippen molar-refractivity contribution in [2.45, 2.75) is 25.9 Å². The van der Waals surface area contributed by atoms with Crippen LogP contribution >= 0.6 is 0 Å². The molecule has 0 aliphatic carbocycles. The van der Waals surface area contributed by atoms with Crippen LogP contribution in [0.2, 0.25) is 0 Å². The smallest absolute Gasteiger partial charge is 0.123 e. The van der Waals surface area contributed by atoms with Gasteiger partial charge in [-0.3, -0.25) is 5.32 Å². The van der Waals surface area contributed by atoms with Crippen LogP contribution in [0.15, 0.2) is 18.2 Å². The molecular weight excluding hydrogens is 203 g/mol. The van der Waals surface area contributed by atoms with Gasteiger partial charge in [0, 0.05) is 12.6 Å². The molecule has 3 heteroatoms. The van der Waals surface area contributed by atoms with Crippen molar-refractivity contribution in [3.05, 3.63) is 35.1 Å². The van der Waals surface area contributed by atoms with E-state index in [1.807, 2.05) is 13.8 Å². The molecule has 0 fully saturated rings. The lowest BCUT2D eigenvalue weighted by Crippen LogP contribution is -2.34. The van der Waals surface area contributed by atoms with Gasteiger partial charge >= 0.3 is 0 Å². The first kappa shape index (κ1) is 12.7. The van der Waals surface area contributed by atoms with Crippen molar-refractivity contribution in [1.82, 2.24) is 5.32 Å². The zero-order valence-corrected chi connectivity index (χ0v) is 9.63. The molecule has 0 aliphatic rings. The molecule has 1 aromatic carbocycles. The fraction of sp³-hybridized carbons (Fsp3) is 0.385. The molecular formula is C13H17FN2. The van der Waals surface area contributed by atoms with Crippen LogP contribution in [-0.2, 0) is 0 Å². The second-order valence-electron chi connectivity index (χ2n) is 3.84. The Morgan fingerprint density at radius 1 is 1.56 bits per heavy atom. The highest BCUT2D eigenvalue weighted by molar-refractivity contribution is 5.30. The van der Waals surface area contributed by atoms with Crippen LogP contribution in [0.25, 0.3) is 0 Å². The highest BCUT2D eigenvalue weighted by Gasteiger charge is 2.14. The average molecular weight is 220 g/mol. The predicted molar refractivity (Wildman–Crippen MR) is 64.4 cm³/mol. The van der Waals surface area contributed by atoms with E-state index in [0.717, 1.165) is 11.1 Å². The van der Waals surface area contributed by atoms with E-state index in [0.29, 0.717) is 6.54 Å². The number of terminal acetylenes is 1. The summed E-state index contributed by atoms with van der Waals surface area (Å²) in [6, 6.07) is 4.49. The maximum atomic E-state index is 13.2. The minimum atomic E-state index is -0.255. The van der Waals surface area contributed by atoms with Crippen molar-refractivity contribution in [1.29, 1.82) is 0 Å². The molecule has 3 N–H and O–H groups in total. The third kappa shape index (κ3) is 3.06. The van der Waals surface area contributed by atoms with Gasteiger partial charge in [-0.15, -0.1) is 6.42 Å². The standard InChI is InChI=1S/C13H17FN2/c1-4-10(3)16-13(8-15)12-7-11(14)6-5-9(12)2/h1,5-7,10,13,16H,8,15H2,2-3H3. The van der Waals surface area contributed by atoms with Crippen molar-refractivity contribution in [3.8, 4) is 12.3 Å². The summed E-state index contributed by atoms with van der Waals surface area (Å²) < 4.78 is 13.2. The first-order valence-electron chi connectivity index (χ1n) is 5.26. The maximum absolute atomic E-state index is 13.2. The predicted octanol–water partition coefficient (Wildman–Crippen LogP) is 1.75. The third-order valence-electron chi connectivity index (χ3n) is 2.55. The average Bonchev–Trinajstić information content (AvgIpc) is 2.29. The molecule has 1 rings (SSSR count). The quantitative estimate of drug-likeness (QED) is 0.759. The van der Waals surface area contributed by atoms with Gasteiger partial charge in [-0.2, -0.15) is 0 Å². The second kappa shape index (κ2) is 5.64. The van der Waals surface area contributed by atoms with Crippen molar-refractivity contribution >= 4 is 0 Å². The summed E-state index contributed by atoms with van der Waals surface area (Å²) in [5.74, 6) is 2.32. The Bertz CT molecular complexity index is 395. The zero-order valence-electron chi connectivity index (χ0n) is 9.63. The van der Waals surface area contributed by atoms with Crippen LogP contribution in [0.4, 0.5) is 4.39 Å². The summed E-state index contributed by atoms with van der Waals surface area (Å²) in [4.78, 5) is 0. The lowest BCUT2D eigenvalue weighted by Gasteiger charge is -2.21. The SMILES string of the molecule is C#CC(C)NC(CN)c1cc(F)ccc1C. The van der Waals surface area contributed by atoms with Gasteiger partial charge in [-0.25, -0.2) is 4.39 Å². The van der Waals surface area contributed by atoms with E-state index in [-0.39, 0.29) is 17.9 Å². The zero-order chi connectivity index (χ0) is 12.1. The molecule has 2 atom stereocenters. The van der Waals surface area contributed by atoms with Gasteiger partial charge in [0.1, 0.15) is 5.82 Å². The van der Waals surface area contributed by atoms with Gasteiger partial charge < -0.3 is 5.73 Å². The normalized spacial score (nSPS) is 14.2. The summed E-state index contributed by atoms with van der Waals surface area (Å²) in [6.07, 6.45) is 5.29. The van der Waals surface area contributed by atoms with E-state index >= 15 is 0 Å². The molecule has 0 heterocycles. The van der Waals surface area contributed by atoms with Gasteiger partial charge in [0.2, 0.25) is 0 Å². The first-order chi connectivity index (χ1) is 7.58. The maximum Gasteiger partial charge on any atom is 0.123 e. The number of halogens is 1. The number of benzene rings is 1. The largest absolute Gasteiger partial charge is 0.329 e. The van der Waals surface area contributed by atoms with Gasteiger partial charge in [-0.05, 0) is 37.1 Å². The topological polar surface area (TPSA) is 38.0 Å². The van der Waals surface area contributed by atoms with Crippen molar-refractivity contribution < 1.29 is 4.39 Å². The van der Waals surface area contributed by atoms with Crippen LogP contribution in [0.5, 0.6) is 0 Å². The number of hydrogen-bond acceptors (Lipinski definition) is 2. The molecule has 2 unspecified atom stereocenters. The lowest BCUT2D eigenvalue weighted by atomic mass is 10.0. The van der Waals surface area contributed by atoms with Gasteiger partial charge in [0.05, 0.1) is 6.04 Å². The van der Waals surface area contributed by atoms with Crippen LogP contribution in [0, 0.1) is 25.1 Å². The van der Waals surface area contributed by atoms with E-state index in [1.54, 1.807) is 6.07 Å². The van der Waals surface area contributed by atoms with Crippen molar-refractivity contribution in [2.75, 3.05) is 6.54 Å². The van der Waals surface area contributed by atoms with E-state index in [4.69, 9.17) is 12.2 Å². The summed E-state index contributed by atoms with van der Waals surface area (Å²) >= 11 is 0. The fourth-order valence-electron chi connectivity index (χ4n) is 1.62. The monoisotopic (exact) mass is 220 g/mol. The van der Waals surface area contributed by atoms with E-state index in [9.17, 15) is 4.39 Å². The molecule has 1 aromatic rings. The Morgan fingerprint density at radius 2 is 2.25 bits per heavy atom. The molecule has 0 spiro atoms. The lowest BCUT2D eigenvalue weighted by molar-refractivity contribution is 0.512. The third-order valence-corrected chi connectivity index (χ3v) is 2.55. The Morgan fingerprint density at radius 3 is 2.81 bits per heavy atom. The van der Waals surface area contributed by atoms with Gasteiger partial charge in [0.15, 0.2) is 0 Å². The first-order valence-corrected chi connectivity index (χ1v) is 5.26. The molecule has 0 aliphatic heterocycles. The van der Waals surface area contributed by atoms with E-state index in [2.05, 4.69) is 11.2 Å². The van der Waals surface area contributed by atoms with Crippen LogP contribution in [-0.4, -0.2) is 12.6 Å². The number of hydrogen-bond donors (Lipinski definition) is 2. The highest BCUT2D eigenvalue weighted by atomic mass is 19.1. The summed E-state index contributed by atoms with van der Waals surface area (Å²) in [6.45, 7) is 4.19. The molecule has 0 bridgehead atoms. The summed E-state index contributed by atoms with van der Waals surface area (Å²) in [5.41, 5.74) is 7.55. The Hall–Kier alpha value is -1.37. The molecule has 0 aromatic heterocycles. The minimum absolute atomic E-state index is 0.0868. The second-order valence-corrected chi connectivity index (χ2v) is 3.84. The summed E-state index contributed by atoms with van der Waals surface area (Å²) in [5, 5.41) is 3.17. The van der Waals surface area contributed by atoms with Crippen molar-refractivity contribution in [2.24, 2.45) is 5.73 Å². The molecule has 16 heavy (non-hydrogen) atoms. The number of rotatable bonds is 4. The van der Waals surface area contributed by atoms with E-state index in [1.165, 1.54) is 12.1 Å². The molecule has 0 amide bonds. The number of nitrogens with two attached hydrogens (primary N) is 1. The molecule has 0 saturated heterocycles. The van der Waals surface area contributed by atoms with Crippen LogP contribution in [0.1, 0.15) is 24.1 Å². The highest BCUT2D eigenvalue weighted by Crippen LogP contribution is 2.18. The minimum Gasteiger partial charge on any atom is -0.329 e. The Labute approximate surface area is 96.0 Å². The van der Waals surface area contributed by atoms with Gasteiger partial charge in [0.25, 0.3) is 0 Å². The Balaban J connectivity index is 2.95. The molecule has 0 radical (unpaired) electrons. The van der Waals surface area contributed by atoms with Crippen molar-refractivity contribution in [3.63, 3.8) is 0 Å². The van der Waals surface area contributed by atoms with E-state index < -0.39 is 0 Å².